The van der Waals surface area contributed by atoms with Gasteiger partial charge in [-0.2, -0.15) is 0 Å². The van der Waals surface area contributed by atoms with Crippen molar-refractivity contribution >= 4 is 39.2 Å². The Morgan fingerprint density at radius 1 is 1.45 bits per heavy atom. The van der Waals surface area contributed by atoms with Crippen LogP contribution in [0.3, 0.4) is 0 Å². The number of carbonyl (C=O) groups is 1. The van der Waals surface area contributed by atoms with Crippen molar-refractivity contribution in [2.45, 2.75) is 25.5 Å². The minimum Gasteiger partial charge on any atom is -0.355 e. The summed E-state index contributed by atoms with van der Waals surface area (Å²) in [4.78, 5) is 28.1. The van der Waals surface area contributed by atoms with Gasteiger partial charge in [0.2, 0.25) is 5.91 Å². The summed E-state index contributed by atoms with van der Waals surface area (Å²) in [5.74, 6) is 0.952. The van der Waals surface area contributed by atoms with Gasteiger partial charge in [0.15, 0.2) is 0 Å². The molecule has 5 nitrogen and oxygen atoms in total. The smallest absolute Gasteiger partial charge is 0.258 e. The molecule has 2 heterocycles. The third kappa shape index (κ3) is 4.84. The third-order valence-corrected chi connectivity index (χ3v) is 4.45. The van der Waals surface area contributed by atoms with Crippen LogP contribution in [-0.2, 0) is 10.5 Å². The lowest BCUT2D eigenvalue weighted by atomic mass is 10.3. The summed E-state index contributed by atoms with van der Waals surface area (Å²) in [6.45, 7) is 2.81. The van der Waals surface area contributed by atoms with E-state index >= 15 is 0 Å². The molecular formula is C15H18BrN3O2S. The first-order valence-corrected chi connectivity index (χ1v) is 9.07. The molecule has 0 aromatic carbocycles. The summed E-state index contributed by atoms with van der Waals surface area (Å²) < 4.78 is 2.32. The highest BCUT2D eigenvalue weighted by molar-refractivity contribution is 9.10. The second-order valence-corrected chi connectivity index (χ2v) is 6.76. The van der Waals surface area contributed by atoms with Gasteiger partial charge < -0.3 is 5.32 Å². The molecule has 1 amide bonds. The molecule has 0 fully saturated rings. The van der Waals surface area contributed by atoms with Crippen molar-refractivity contribution in [2.24, 2.45) is 0 Å². The maximum atomic E-state index is 12.0. The van der Waals surface area contributed by atoms with Crippen LogP contribution in [0.4, 0.5) is 0 Å². The van der Waals surface area contributed by atoms with Crippen LogP contribution in [0.2, 0.25) is 0 Å². The number of hydrogen-bond acceptors (Lipinski definition) is 4. The summed E-state index contributed by atoms with van der Waals surface area (Å²) in [6.07, 6.45) is 3.76. The van der Waals surface area contributed by atoms with E-state index in [9.17, 15) is 9.59 Å². The van der Waals surface area contributed by atoms with Gasteiger partial charge in [-0.1, -0.05) is 13.3 Å². The molecule has 2 rings (SSSR count). The van der Waals surface area contributed by atoms with Crippen LogP contribution >= 0.6 is 27.7 Å². The van der Waals surface area contributed by atoms with Crippen molar-refractivity contribution in [1.82, 2.24) is 14.7 Å². The summed E-state index contributed by atoms with van der Waals surface area (Å²) in [5, 5.41) is 2.87. The number of halogens is 1. The van der Waals surface area contributed by atoms with Crippen molar-refractivity contribution in [3.05, 3.63) is 44.9 Å². The molecule has 1 N–H and O–H groups in total. The van der Waals surface area contributed by atoms with Crippen LogP contribution in [0.1, 0.15) is 25.5 Å². The van der Waals surface area contributed by atoms with E-state index in [1.54, 1.807) is 12.3 Å². The zero-order valence-electron chi connectivity index (χ0n) is 12.3. The molecule has 0 unspecified atom stereocenters. The van der Waals surface area contributed by atoms with E-state index in [0.717, 1.165) is 23.9 Å². The number of amides is 1. The number of thioether (sulfide) groups is 1. The highest BCUT2D eigenvalue weighted by Gasteiger charge is 2.05. The zero-order chi connectivity index (χ0) is 15.9. The highest BCUT2D eigenvalue weighted by Crippen LogP contribution is 2.12. The van der Waals surface area contributed by atoms with Crippen LogP contribution in [-0.4, -0.2) is 27.6 Å². The number of carbonyl (C=O) groups excluding carboxylic acids is 1. The van der Waals surface area contributed by atoms with Crippen molar-refractivity contribution < 1.29 is 4.79 Å². The summed E-state index contributed by atoms with van der Waals surface area (Å²) in [6, 6.07) is 5.15. The minimum absolute atomic E-state index is 0.0277. The Hall–Kier alpha value is -1.34. The molecule has 0 aliphatic carbocycles. The van der Waals surface area contributed by atoms with E-state index < -0.39 is 0 Å². The van der Waals surface area contributed by atoms with Crippen LogP contribution in [0.15, 0.2) is 33.7 Å². The molecule has 2 aromatic rings. The molecule has 22 heavy (non-hydrogen) atoms. The van der Waals surface area contributed by atoms with Gasteiger partial charge in [-0.15, -0.1) is 11.8 Å². The molecule has 7 heteroatoms. The van der Waals surface area contributed by atoms with E-state index in [-0.39, 0.29) is 11.5 Å². The third-order valence-electron chi connectivity index (χ3n) is 3.01. The highest BCUT2D eigenvalue weighted by atomic mass is 79.9. The first kappa shape index (κ1) is 17.0. The molecule has 0 radical (unpaired) electrons. The average molecular weight is 384 g/mol. The van der Waals surface area contributed by atoms with Crippen molar-refractivity contribution in [3.63, 3.8) is 0 Å². The second-order valence-electron chi connectivity index (χ2n) is 4.86. The quantitative estimate of drug-likeness (QED) is 0.746. The Labute approximate surface area is 141 Å². The van der Waals surface area contributed by atoms with Gasteiger partial charge in [-0.3, -0.25) is 14.0 Å². The molecule has 0 saturated heterocycles. The summed E-state index contributed by atoms with van der Waals surface area (Å²) in [7, 11) is 0. The Morgan fingerprint density at radius 3 is 3.05 bits per heavy atom. The molecule has 0 spiro atoms. The topological polar surface area (TPSA) is 63.5 Å². The Morgan fingerprint density at radius 2 is 2.27 bits per heavy atom. The molecule has 2 aromatic heterocycles. The van der Waals surface area contributed by atoms with Crippen molar-refractivity contribution in [1.29, 1.82) is 0 Å². The number of unbranched alkanes of at least 4 members (excludes halogenated alkanes) is 1. The number of pyridine rings is 1. The molecule has 0 aliphatic rings. The number of fused-ring (bicyclic) bond motifs is 1. The fourth-order valence-corrected chi connectivity index (χ4v) is 2.99. The first-order chi connectivity index (χ1) is 10.6. The van der Waals surface area contributed by atoms with Crippen LogP contribution in [0.25, 0.3) is 5.65 Å². The van der Waals surface area contributed by atoms with Gasteiger partial charge in [0, 0.05) is 29.0 Å². The Balaban J connectivity index is 1.94. The molecule has 0 bridgehead atoms. The van der Waals surface area contributed by atoms with Crippen molar-refractivity contribution in [2.75, 3.05) is 12.3 Å². The van der Waals surface area contributed by atoms with Gasteiger partial charge in [0.05, 0.1) is 11.4 Å². The number of rotatable bonds is 7. The monoisotopic (exact) mass is 383 g/mol. The normalized spacial score (nSPS) is 10.8. The van der Waals surface area contributed by atoms with E-state index in [0.29, 0.717) is 22.8 Å². The predicted molar refractivity (Wildman–Crippen MR) is 93.2 cm³/mol. The average Bonchev–Trinajstić information content (AvgIpc) is 2.48. The number of nitrogens with zero attached hydrogens (tertiary/aromatic N) is 2. The minimum atomic E-state index is -0.116. The summed E-state index contributed by atoms with van der Waals surface area (Å²) in [5.41, 5.74) is 1.19. The number of aromatic nitrogens is 2. The van der Waals surface area contributed by atoms with E-state index in [1.807, 2.05) is 6.07 Å². The van der Waals surface area contributed by atoms with E-state index in [2.05, 4.69) is 33.2 Å². The molecule has 0 aliphatic heterocycles. The van der Waals surface area contributed by atoms with Gasteiger partial charge in [0.25, 0.3) is 5.56 Å². The standard InChI is InChI=1S/C15H18BrN3O2S/c1-2-3-6-17-14(20)10-22-9-12-7-15(21)19-8-11(16)4-5-13(19)18-12/h4-5,7-8H,2-3,6,9-10H2,1H3,(H,17,20). The molecular weight excluding hydrogens is 366 g/mol. The lowest BCUT2D eigenvalue weighted by molar-refractivity contribution is -0.118. The van der Waals surface area contributed by atoms with Crippen LogP contribution in [0.5, 0.6) is 0 Å². The number of hydrogen-bond donors (Lipinski definition) is 1. The van der Waals surface area contributed by atoms with Crippen molar-refractivity contribution in [3.8, 4) is 0 Å². The lowest BCUT2D eigenvalue weighted by Gasteiger charge is -2.05. The van der Waals surface area contributed by atoms with Gasteiger partial charge in [0.1, 0.15) is 5.65 Å². The Bertz CT molecular complexity index is 717. The lowest BCUT2D eigenvalue weighted by Crippen LogP contribution is -2.26. The SMILES string of the molecule is CCCCNC(=O)CSCc1cc(=O)n2cc(Br)ccc2n1. The fourth-order valence-electron chi connectivity index (χ4n) is 1.90. The summed E-state index contributed by atoms with van der Waals surface area (Å²) >= 11 is 4.79. The zero-order valence-corrected chi connectivity index (χ0v) is 14.7. The molecule has 0 saturated carbocycles. The predicted octanol–water partition coefficient (Wildman–Crippen LogP) is 2.61. The molecule has 118 valence electrons. The first-order valence-electron chi connectivity index (χ1n) is 7.12. The van der Waals surface area contributed by atoms with E-state index in [1.165, 1.54) is 22.2 Å². The van der Waals surface area contributed by atoms with E-state index in [4.69, 9.17) is 0 Å². The van der Waals surface area contributed by atoms with Gasteiger partial charge in [-0.05, 0) is 34.5 Å². The van der Waals surface area contributed by atoms with Gasteiger partial charge in [-0.25, -0.2) is 4.98 Å². The van der Waals surface area contributed by atoms with Gasteiger partial charge >= 0.3 is 0 Å². The second kappa shape index (κ2) is 8.33. The largest absolute Gasteiger partial charge is 0.355 e. The maximum absolute atomic E-state index is 12.0. The van der Waals surface area contributed by atoms with Crippen LogP contribution < -0.4 is 10.9 Å². The maximum Gasteiger partial charge on any atom is 0.258 e. The Kier molecular flexibility index (Phi) is 6.45. The fraction of sp³-hybridized carbons (Fsp3) is 0.400. The number of nitrogens with one attached hydrogen (secondary N) is 1. The molecule has 0 atom stereocenters. The van der Waals surface area contributed by atoms with Crippen LogP contribution in [0, 0.1) is 0 Å².